The summed E-state index contributed by atoms with van der Waals surface area (Å²) in [5, 5.41) is 30.9. The lowest BCUT2D eigenvalue weighted by atomic mass is 10.0. The van der Waals surface area contributed by atoms with Gasteiger partial charge in [-0.1, -0.05) is 29.4 Å². The number of allylic oxidation sites excluding steroid dienone is 1. The summed E-state index contributed by atoms with van der Waals surface area (Å²) in [6.45, 7) is 1.98. The predicted octanol–water partition coefficient (Wildman–Crippen LogP) is 0.0185. The molecule has 236 valence electrons. The molecule has 15 nitrogen and oxygen atoms in total. The molecule has 4 aliphatic heterocycles. The largest absolute Gasteiger partial charge is 0.477 e. The average molecular weight is 654 g/mol. The van der Waals surface area contributed by atoms with Crippen LogP contribution in [-0.4, -0.2) is 102 Å². The molecule has 5 heterocycles. The molecular formula is C28H31N9O6S2. The van der Waals surface area contributed by atoms with E-state index in [9.17, 15) is 29.5 Å². The molecule has 7 N–H and O–H groups in total. The van der Waals surface area contributed by atoms with Gasteiger partial charge in [-0.25, -0.2) is 4.79 Å². The highest BCUT2D eigenvalue weighted by Crippen LogP contribution is 2.41. The van der Waals surface area contributed by atoms with Crippen LogP contribution >= 0.6 is 23.3 Å². The quantitative estimate of drug-likeness (QED) is 0.0695. The first-order valence-electron chi connectivity index (χ1n) is 14.2. The molecule has 3 fully saturated rings. The van der Waals surface area contributed by atoms with Gasteiger partial charge in [-0.05, 0) is 42.7 Å². The number of anilines is 1. The number of aliphatic carboxylic acids is 1. The Bertz CT molecular complexity index is 1640. The van der Waals surface area contributed by atoms with Gasteiger partial charge in [-0.3, -0.25) is 19.3 Å². The first-order valence-corrected chi connectivity index (χ1v) is 16.0. The average Bonchev–Trinajstić information content (AvgIpc) is 3.77. The van der Waals surface area contributed by atoms with Crippen LogP contribution in [0.2, 0.25) is 0 Å². The number of fused-ring (bicyclic) bond motifs is 1. The molecule has 4 aliphatic rings. The molecule has 1 aromatic carbocycles. The molecule has 0 saturated carbocycles. The number of nitrogens with one attached hydrogen (secondary N) is 3. The predicted molar refractivity (Wildman–Crippen MR) is 165 cm³/mol. The number of oxime groups is 1. The minimum atomic E-state index is -1.31. The number of aromatic nitrogens is 2. The number of rotatable bonds is 9. The number of nitrogen functional groups attached to an aromatic ring is 1. The van der Waals surface area contributed by atoms with Gasteiger partial charge in [0, 0.05) is 54.6 Å². The Morgan fingerprint density at radius 2 is 2.04 bits per heavy atom. The van der Waals surface area contributed by atoms with Crippen LogP contribution in [0, 0.1) is 0 Å². The van der Waals surface area contributed by atoms with Crippen LogP contribution in [0.5, 0.6) is 0 Å². The van der Waals surface area contributed by atoms with Crippen molar-refractivity contribution >= 4 is 57.8 Å². The first kappa shape index (κ1) is 30.7. The number of nitrogens with two attached hydrogens (primary N) is 1. The van der Waals surface area contributed by atoms with Crippen molar-refractivity contribution < 1.29 is 29.5 Å². The van der Waals surface area contributed by atoms with Gasteiger partial charge in [-0.15, -0.1) is 11.8 Å². The number of hydrogen-bond acceptors (Lipinski definition) is 13. The molecule has 0 aliphatic carbocycles. The fourth-order valence-corrected chi connectivity index (χ4v) is 7.83. The van der Waals surface area contributed by atoms with Gasteiger partial charge in [0.1, 0.15) is 17.1 Å². The van der Waals surface area contributed by atoms with Gasteiger partial charge in [0.15, 0.2) is 5.13 Å². The second-order valence-electron chi connectivity index (χ2n) is 11.0. The molecule has 0 unspecified atom stereocenters. The molecule has 17 heteroatoms. The lowest BCUT2D eigenvalue weighted by Crippen LogP contribution is -2.71. The maximum absolute atomic E-state index is 13.5. The zero-order valence-corrected chi connectivity index (χ0v) is 25.7. The summed E-state index contributed by atoms with van der Waals surface area (Å²) in [5.41, 5.74) is 8.02. The van der Waals surface area contributed by atoms with Crippen molar-refractivity contribution in [1.82, 2.24) is 35.1 Å². The molecule has 0 radical (unpaired) electrons. The minimum Gasteiger partial charge on any atom is -0.477 e. The van der Waals surface area contributed by atoms with Crippen LogP contribution in [0.15, 0.2) is 52.3 Å². The summed E-state index contributed by atoms with van der Waals surface area (Å²) in [5.74, 6) is -2.98. The van der Waals surface area contributed by atoms with E-state index in [2.05, 4.69) is 54.7 Å². The lowest BCUT2D eigenvalue weighted by Gasteiger charge is -2.49. The van der Waals surface area contributed by atoms with Crippen LogP contribution in [-0.2, 0) is 25.7 Å². The molecule has 4 atom stereocenters. The van der Waals surface area contributed by atoms with Crippen molar-refractivity contribution in [3.05, 3.63) is 64.1 Å². The van der Waals surface area contributed by atoms with E-state index >= 15 is 0 Å². The van der Waals surface area contributed by atoms with Crippen LogP contribution in [0.25, 0.3) is 0 Å². The minimum absolute atomic E-state index is 0.00743. The summed E-state index contributed by atoms with van der Waals surface area (Å²) in [6.07, 6.45) is 2.84. The number of thioether (sulfide) groups is 1. The van der Waals surface area contributed by atoms with Gasteiger partial charge in [0.25, 0.3) is 11.8 Å². The van der Waals surface area contributed by atoms with E-state index in [4.69, 9.17) is 5.73 Å². The Labute approximate surface area is 265 Å². The van der Waals surface area contributed by atoms with Crippen molar-refractivity contribution in [2.45, 2.75) is 42.9 Å². The highest BCUT2D eigenvalue weighted by atomic mass is 32.2. The molecule has 3 saturated heterocycles. The molecular weight excluding hydrogens is 622 g/mol. The number of benzene rings is 1. The second-order valence-corrected chi connectivity index (χ2v) is 12.9. The summed E-state index contributed by atoms with van der Waals surface area (Å²) < 4.78 is 3.84. The second kappa shape index (κ2) is 12.6. The SMILES string of the molecule is CNCc1ccc([C@H]2C[C@H](N3CC/C(=C\C4=C(C(=O)O)N5C(=O)[C@@H](NC(=O)/C(=N/O)c6nsc(N)n6)[C@H]5SC4)C3=O)CN2)cc1. The fourth-order valence-electron chi connectivity index (χ4n) is 6.09. The standard InChI is InChI=1S/C28H31N9O6S2/c1-30-10-13-2-4-14(5-3-13)18-9-17(11-31-18)36-7-6-15(24(36)39)8-16-12-44-26-20(25(40)37(26)21(16)27(41)42)32-23(38)19(34-43)22-33-28(29)45-35-22/h2-5,8,17-18,20,26,30-31,43H,6-7,9-12H2,1H3,(H,32,38)(H,41,42)(H2,29,33,35)/b15-8+,34-19+/t17-,18+,20+,26+/m0/s1. The van der Waals surface area contributed by atoms with Crippen LogP contribution in [0.1, 0.15) is 35.8 Å². The van der Waals surface area contributed by atoms with Crippen molar-refractivity contribution in [3.8, 4) is 0 Å². The Hall–Kier alpha value is -4.32. The Morgan fingerprint density at radius 3 is 2.71 bits per heavy atom. The van der Waals surface area contributed by atoms with Crippen LogP contribution < -0.4 is 21.7 Å². The number of likely N-dealkylation sites (tertiary alicyclic amines) is 1. The first-order chi connectivity index (χ1) is 21.7. The number of carboxylic acids is 1. The van der Waals surface area contributed by atoms with Crippen molar-refractivity contribution in [2.75, 3.05) is 31.6 Å². The third-order valence-corrected chi connectivity index (χ3v) is 10.1. The van der Waals surface area contributed by atoms with Gasteiger partial charge in [-0.2, -0.15) is 9.36 Å². The lowest BCUT2D eigenvalue weighted by molar-refractivity contribution is -0.150. The fraction of sp³-hybridized carbons (Fsp3) is 0.393. The van der Waals surface area contributed by atoms with Gasteiger partial charge < -0.3 is 36.9 Å². The van der Waals surface area contributed by atoms with Crippen molar-refractivity contribution in [1.29, 1.82) is 0 Å². The maximum atomic E-state index is 13.5. The van der Waals surface area contributed by atoms with E-state index in [0.29, 0.717) is 30.7 Å². The molecule has 6 rings (SSSR count). The smallest absolute Gasteiger partial charge is 0.352 e. The number of β-lactam (4-membered cyclic amide) rings is 1. The zero-order chi connectivity index (χ0) is 31.8. The molecule has 3 amide bonds. The molecule has 2 aromatic rings. The number of carboxylic acid groups (broad SMARTS) is 1. The molecule has 0 bridgehead atoms. The van der Waals surface area contributed by atoms with Crippen LogP contribution in [0.4, 0.5) is 5.13 Å². The maximum Gasteiger partial charge on any atom is 0.352 e. The van der Waals surface area contributed by atoms with Crippen molar-refractivity contribution in [3.63, 3.8) is 0 Å². The van der Waals surface area contributed by atoms with Crippen LogP contribution in [0.3, 0.4) is 0 Å². The number of carbonyl (C=O) groups is 4. The summed E-state index contributed by atoms with van der Waals surface area (Å²) in [7, 11) is 1.91. The molecule has 45 heavy (non-hydrogen) atoms. The van der Waals surface area contributed by atoms with Crippen molar-refractivity contribution in [2.24, 2.45) is 5.16 Å². The van der Waals surface area contributed by atoms with E-state index in [0.717, 1.165) is 29.4 Å². The van der Waals surface area contributed by atoms with Gasteiger partial charge in [0.05, 0.1) is 0 Å². The van der Waals surface area contributed by atoms with Gasteiger partial charge >= 0.3 is 5.97 Å². The van der Waals surface area contributed by atoms with E-state index < -0.39 is 34.9 Å². The monoisotopic (exact) mass is 653 g/mol. The number of nitrogens with zero attached hydrogens (tertiary/aromatic N) is 5. The third kappa shape index (κ3) is 5.79. The Morgan fingerprint density at radius 1 is 1.27 bits per heavy atom. The highest BCUT2D eigenvalue weighted by molar-refractivity contribution is 8.00. The summed E-state index contributed by atoms with van der Waals surface area (Å²) in [4.78, 5) is 58.5. The topological polar surface area (TPSA) is 215 Å². The summed E-state index contributed by atoms with van der Waals surface area (Å²) in [6, 6.07) is 7.49. The van der Waals surface area contributed by atoms with E-state index in [-0.39, 0.29) is 40.4 Å². The number of carbonyl (C=O) groups excluding carboxylic acids is 3. The molecule has 0 spiro atoms. The normalized spacial score (nSPS) is 26.0. The van der Waals surface area contributed by atoms with E-state index in [1.54, 1.807) is 6.08 Å². The number of amides is 3. The summed E-state index contributed by atoms with van der Waals surface area (Å²) >= 11 is 2.07. The van der Waals surface area contributed by atoms with Gasteiger partial charge in [0.2, 0.25) is 17.4 Å². The third-order valence-electron chi connectivity index (χ3n) is 8.27. The highest BCUT2D eigenvalue weighted by Gasteiger charge is 2.54. The Balaban J connectivity index is 1.13. The zero-order valence-electron chi connectivity index (χ0n) is 24.1. The number of hydrogen-bond donors (Lipinski definition) is 6. The molecule has 1 aromatic heterocycles. The van der Waals surface area contributed by atoms with E-state index in [1.165, 1.54) is 22.9 Å². The van der Waals surface area contributed by atoms with E-state index in [1.807, 2.05) is 11.9 Å². The Kier molecular flexibility index (Phi) is 8.59.